The number of rotatable bonds is 9. The van der Waals surface area contributed by atoms with E-state index in [4.69, 9.17) is 21.1 Å². The fourth-order valence-corrected chi connectivity index (χ4v) is 3.42. The van der Waals surface area contributed by atoms with Gasteiger partial charge in [0.1, 0.15) is 24.9 Å². The van der Waals surface area contributed by atoms with Gasteiger partial charge < -0.3 is 19.4 Å². The molecular formula is C23H24ClF2N3O3. The lowest BCUT2D eigenvalue weighted by atomic mass is 10.1. The maximum Gasteiger partial charge on any atom is 0.251 e. The molecule has 0 radical (unpaired) electrons. The van der Waals surface area contributed by atoms with Crippen LogP contribution in [0.3, 0.4) is 0 Å². The fourth-order valence-electron chi connectivity index (χ4n) is 3.24. The average Bonchev–Trinajstić information content (AvgIpc) is 3.08. The molecule has 0 bridgehead atoms. The van der Waals surface area contributed by atoms with E-state index in [1.54, 1.807) is 30.3 Å². The number of methoxy groups -OCH3 is 1. The number of aromatic nitrogens is 2. The van der Waals surface area contributed by atoms with Crippen molar-refractivity contribution >= 4 is 17.5 Å². The van der Waals surface area contributed by atoms with Crippen molar-refractivity contribution in [3.05, 3.63) is 64.3 Å². The van der Waals surface area contributed by atoms with Crippen molar-refractivity contribution in [2.75, 3.05) is 26.9 Å². The summed E-state index contributed by atoms with van der Waals surface area (Å²) in [4.78, 5) is 17.2. The van der Waals surface area contributed by atoms with E-state index in [-0.39, 0.29) is 17.5 Å². The number of nitrogens with zero attached hydrogens (tertiary/aromatic N) is 2. The molecule has 0 atom stereocenters. The predicted molar refractivity (Wildman–Crippen MR) is 119 cm³/mol. The van der Waals surface area contributed by atoms with Gasteiger partial charge in [0.25, 0.3) is 5.91 Å². The first kappa shape index (κ1) is 23.5. The number of amides is 1. The van der Waals surface area contributed by atoms with Crippen LogP contribution >= 0.6 is 11.6 Å². The molecule has 9 heteroatoms. The monoisotopic (exact) mass is 463 g/mol. The molecule has 170 valence electrons. The lowest BCUT2D eigenvalue weighted by Crippen LogP contribution is -2.26. The van der Waals surface area contributed by atoms with Crippen LogP contribution in [0.25, 0.3) is 11.3 Å². The highest BCUT2D eigenvalue weighted by atomic mass is 35.5. The smallest absolute Gasteiger partial charge is 0.251 e. The van der Waals surface area contributed by atoms with Crippen LogP contribution in [0, 0.1) is 12.7 Å². The summed E-state index contributed by atoms with van der Waals surface area (Å²) in [6.07, 6.45) is 0.493. The van der Waals surface area contributed by atoms with Crippen molar-refractivity contribution < 1.29 is 23.0 Å². The second kappa shape index (κ2) is 10.5. The Morgan fingerprint density at radius 1 is 1.22 bits per heavy atom. The standard InChI is InChI=1S/C23H24ClF2N3O3/c1-14-22(15-4-6-18(26)17(24)12-15)28-21(29(14)2)8-10-27-23(30)16-5-7-19(32-11-9-25)20(13-16)31-3/h4-7,12-13H,8-11H2,1-3H3,(H,27,30). The number of nitrogens with one attached hydrogen (secondary N) is 1. The van der Waals surface area contributed by atoms with Crippen molar-refractivity contribution in [1.29, 1.82) is 0 Å². The Balaban J connectivity index is 1.66. The van der Waals surface area contributed by atoms with Crippen LogP contribution in [-0.2, 0) is 13.5 Å². The molecule has 0 fully saturated rings. The first-order valence-corrected chi connectivity index (χ1v) is 10.4. The Kier molecular flexibility index (Phi) is 7.69. The summed E-state index contributed by atoms with van der Waals surface area (Å²) < 4.78 is 38.2. The molecule has 1 amide bonds. The molecule has 6 nitrogen and oxygen atoms in total. The van der Waals surface area contributed by atoms with E-state index in [1.165, 1.54) is 13.2 Å². The first-order valence-electron chi connectivity index (χ1n) is 9.98. The second-order valence-electron chi connectivity index (χ2n) is 7.06. The fraction of sp³-hybridized carbons (Fsp3) is 0.304. The van der Waals surface area contributed by atoms with Gasteiger partial charge in [-0.2, -0.15) is 0 Å². The molecule has 0 aliphatic heterocycles. The number of hydrogen-bond donors (Lipinski definition) is 1. The molecule has 0 unspecified atom stereocenters. The molecule has 0 aliphatic rings. The Labute approximate surface area is 190 Å². The quantitative estimate of drug-likeness (QED) is 0.507. The van der Waals surface area contributed by atoms with E-state index in [9.17, 15) is 13.6 Å². The summed E-state index contributed by atoms with van der Waals surface area (Å²) in [5, 5.41) is 2.89. The zero-order valence-corrected chi connectivity index (χ0v) is 18.8. The molecule has 1 N–H and O–H groups in total. The van der Waals surface area contributed by atoms with Crippen LogP contribution < -0.4 is 14.8 Å². The number of ether oxygens (including phenoxy) is 2. The topological polar surface area (TPSA) is 65.4 Å². The third-order valence-electron chi connectivity index (χ3n) is 5.06. The predicted octanol–water partition coefficient (Wildman–Crippen LogP) is 4.52. The van der Waals surface area contributed by atoms with Crippen LogP contribution in [0.1, 0.15) is 21.9 Å². The molecule has 0 saturated heterocycles. The number of halogens is 3. The highest BCUT2D eigenvalue weighted by Gasteiger charge is 2.15. The van der Waals surface area contributed by atoms with Crippen LogP contribution in [0.5, 0.6) is 11.5 Å². The van der Waals surface area contributed by atoms with Gasteiger partial charge in [0.15, 0.2) is 11.5 Å². The van der Waals surface area contributed by atoms with Gasteiger partial charge in [0.05, 0.1) is 17.8 Å². The van der Waals surface area contributed by atoms with Gasteiger partial charge in [0.2, 0.25) is 0 Å². The van der Waals surface area contributed by atoms with Crippen molar-refractivity contribution in [1.82, 2.24) is 14.9 Å². The van der Waals surface area contributed by atoms with Gasteiger partial charge in [-0.05, 0) is 43.3 Å². The molecule has 0 saturated carbocycles. The van der Waals surface area contributed by atoms with Crippen molar-refractivity contribution in [3.8, 4) is 22.8 Å². The minimum Gasteiger partial charge on any atom is -0.493 e. The molecule has 0 aliphatic carbocycles. The van der Waals surface area contributed by atoms with Gasteiger partial charge in [-0.15, -0.1) is 0 Å². The number of alkyl halides is 1. The van der Waals surface area contributed by atoms with E-state index in [0.717, 1.165) is 17.1 Å². The summed E-state index contributed by atoms with van der Waals surface area (Å²) in [6.45, 7) is 1.57. The zero-order valence-electron chi connectivity index (χ0n) is 18.0. The van der Waals surface area contributed by atoms with Crippen LogP contribution in [0.2, 0.25) is 5.02 Å². The minimum absolute atomic E-state index is 0.0397. The van der Waals surface area contributed by atoms with Crippen molar-refractivity contribution in [2.45, 2.75) is 13.3 Å². The summed E-state index contributed by atoms with van der Waals surface area (Å²) in [5.74, 6) is 0.736. The lowest BCUT2D eigenvalue weighted by molar-refractivity contribution is 0.0953. The van der Waals surface area contributed by atoms with Gasteiger partial charge in [0, 0.05) is 36.8 Å². The molecule has 2 aromatic carbocycles. The molecule has 3 rings (SSSR count). The van der Waals surface area contributed by atoms with Gasteiger partial charge in [-0.3, -0.25) is 4.79 Å². The Morgan fingerprint density at radius 3 is 2.69 bits per heavy atom. The average molecular weight is 464 g/mol. The summed E-state index contributed by atoms with van der Waals surface area (Å²) in [5.41, 5.74) is 2.74. The van der Waals surface area contributed by atoms with E-state index in [1.807, 2.05) is 18.5 Å². The number of carbonyl (C=O) groups excluding carboxylic acids is 1. The zero-order chi connectivity index (χ0) is 23.3. The van der Waals surface area contributed by atoms with E-state index in [0.29, 0.717) is 35.7 Å². The van der Waals surface area contributed by atoms with Gasteiger partial charge in [-0.1, -0.05) is 11.6 Å². The van der Waals surface area contributed by atoms with Crippen LogP contribution in [0.15, 0.2) is 36.4 Å². The Bertz CT molecular complexity index is 1120. The summed E-state index contributed by atoms with van der Waals surface area (Å²) >= 11 is 5.91. The van der Waals surface area contributed by atoms with Crippen molar-refractivity contribution in [3.63, 3.8) is 0 Å². The third kappa shape index (κ3) is 5.19. The lowest BCUT2D eigenvalue weighted by Gasteiger charge is -2.11. The van der Waals surface area contributed by atoms with E-state index < -0.39 is 12.5 Å². The SMILES string of the molecule is COc1cc(C(=O)NCCc2nc(-c3ccc(F)c(Cl)c3)c(C)n2C)ccc1OCCF. The summed E-state index contributed by atoms with van der Waals surface area (Å²) in [7, 11) is 3.34. The highest BCUT2D eigenvalue weighted by Crippen LogP contribution is 2.29. The molecule has 0 spiro atoms. The highest BCUT2D eigenvalue weighted by molar-refractivity contribution is 6.31. The molecule has 3 aromatic rings. The minimum atomic E-state index is -0.617. The van der Waals surface area contributed by atoms with Gasteiger partial charge >= 0.3 is 0 Å². The van der Waals surface area contributed by atoms with E-state index in [2.05, 4.69) is 10.3 Å². The van der Waals surface area contributed by atoms with Crippen LogP contribution in [0.4, 0.5) is 8.78 Å². The summed E-state index contributed by atoms with van der Waals surface area (Å²) in [6, 6.07) is 9.21. The Hall–Kier alpha value is -3.13. The number of carbonyl (C=O) groups is 1. The second-order valence-corrected chi connectivity index (χ2v) is 7.47. The molecular weight excluding hydrogens is 440 g/mol. The van der Waals surface area contributed by atoms with Crippen LogP contribution in [-0.4, -0.2) is 42.4 Å². The third-order valence-corrected chi connectivity index (χ3v) is 5.35. The maximum atomic E-state index is 13.5. The van der Waals surface area contributed by atoms with E-state index >= 15 is 0 Å². The number of hydrogen-bond acceptors (Lipinski definition) is 4. The number of benzene rings is 2. The first-order chi connectivity index (χ1) is 15.3. The Morgan fingerprint density at radius 2 is 2.00 bits per heavy atom. The molecule has 1 aromatic heterocycles. The maximum absolute atomic E-state index is 13.5. The molecule has 1 heterocycles. The normalized spacial score (nSPS) is 10.8. The molecule has 32 heavy (non-hydrogen) atoms. The largest absolute Gasteiger partial charge is 0.493 e. The van der Waals surface area contributed by atoms with Gasteiger partial charge in [-0.25, -0.2) is 13.8 Å². The van der Waals surface area contributed by atoms with Crippen molar-refractivity contribution in [2.24, 2.45) is 7.05 Å². The number of imidazole rings is 1.